The standard InChI is InChI=1S/C26H22N4O2/c1-18(31)30-24(21-14-8-9-15-25(21)32)16-23(27-30)22-17-29(20-12-6-3-7-13-20)28-26(22)19-10-4-2-5-11-19/h2-15,17,24,32H,16H2,1H3/t24-/m0/s1. The number of rotatable bonds is 4. The lowest BCUT2D eigenvalue weighted by atomic mass is 9.96. The third-order valence-electron chi connectivity index (χ3n) is 5.62. The Kier molecular flexibility index (Phi) is 5.03. The first-order valence-corrected chi connectivity index (χ1v) is 10.5. The predicted octanol–water partition coefficient (Wildman–Crippen LogP) is 4.94. The van der Waals surface area contributed by atoms with Gasteiger partial charge in [0.25, 0.3) is 0 Å². The van der Waals surface area contributed by atoms with Crippen molar-refractivity contribution in [3.05, 3.63) is 102 Å². The van der Waals surface area contributed by atoms with Gasteiger partial charge in [0, 0.05) is 36.2 Å². The molecule has 6 heteroatoms. The number of phenols is 1. The minimum Gasteiger partial charge on any atom is -0.508 e. The Labute approximate surface area is 186 Å². The van der Waals surface area contributed by atoms with Gasteiger partial charge in [0.1, 0.15) is 11.4 Å². The minimum absolute atomic E-state index is 0.156. The van der Waals surface area contributed by atoms with E-state index in [2.05, 4.69) is 5.10 Å². The van der Waals surface area contributed by atoms with Crippen LogP contribution in [0.5, 0.6) is 5.75 Å². The number of amides is 1. The monoisotopic (exact) mass is 422 g/mol. The van der Waals surface area contributed by atoms with E-state index in [1.165, 1.54) is 11.9 Å². The first-order chi connectivity index (χ1) is 15.6. The molecule has 0 radical (unpaired) electrons. The number of carbonyl (C=O) groups excluding carboxylic acids is 1. The molecule has 0 spiro atoms. The van der Waals surface area contributed by atoms with E-state index >= 15 is 0 Å². The van der Waals surface area contributed by atoms with Crippen LogP contribution in [-0.4, -0.2) is 31.5 Å². The average Bonchev–Trinajstić information content (AvgIpc) is 3.46. The zero-order valence-electron chi connectivity index (χ0n) is 17.6. The maximum atomic E-state index is 12.4. The van der Waals surface area contributed by atoms with E-state index in [4.69, 9.17) is 5.10 Å². The van der Waals surface area contributed by atoms with Gasteiger partial charge in [0.2, 0.25) is 5.91 Å². The Balaban J connectivity index is 1.62. The smallest absolute Gasteiger partial charge is 0.240 e. The van der Waals surface area contributed by atoms with Crippen LogP contribution < -0.4 is 0 Å². The third kappa shape index (κ3) is 3.56. The number of hydrogen-bond acceptors (Lipinski definition) is 4. The first kappa shape index (κ1) is 19.8. The van der Waals surface area contributed by atoms with Gasteiger partial charge < -0.3 is 5.11 Å². The largest absolute Gasteiger partial charge is 0.508 e. The third-order valence-corrected chi connectivity index (χ3v) is 5.62. The van der Waals surface area contributed by atoms with Crippen LogP contribution >= 0.6 is 0 Å². The molecule has 5 rings (SSSR count). The highest BCUT2D eigenvalue weighted by Gasteiger charge is 2.34. The van der Waals surface area contributed by atoms with Crippen molar-refractivity contribution in [2.75, 3.05) is 0 Å². The summed E-state index contributed by atoms with van der Waals surface area (Å²) >= 11 is 0. The molecule has 158 valence electrons. The average molecular weight is 422 g/mol. The van der Waals surface area contributed by atoms with Crippen molar-refractivity contribution < 1.29 is 9.90 Å². The molecule has 1 aliphatic heterocycles. The summed E-state index contributed by atoms with van der Waals surface area (Å²) in [5, 5.41) is 21.4. The first-order valence-electron chi connectivity index (χ1n) is 10.5. The molecule has 1 amide bonds. The Morgan fingerprint density at radius 3 is 2.28 bits per heavy atom. The molecule has 4 aromatic rings. The van der Waals surface area contributed by atoms with Crippen molar-refractivity contribution in [3.8, 4) is 22.7 Å². The number of aromatic hydroxyl groups is 1. The Morgan fingerprint density at radius 1 is 0.938 bits per heavy atom. The van der Waals surface area contributed by atoms with E-state index in [1.807, 2.05) is 83.7 Å². The van der Waals surface area contributed by atoms with Crippen LogP contribution in [0.15, 0.2) is 96.2 Å². The van der Waals surface area contributed by atoms with E-state index in [-0.39, 0.29) is 17.7 Å². The van der Waals surface area contributed by atoms with Crippen molar-refractivity contribution in [3.63, 3.8) is 0 Å². The van der Waals surface area contributed by atoms with E-state index in [1.54, 1.807) is 12.1 Å². The molecule has 1 aliphatic rings. The van der Waals surface area contributed by atoms with Gasteiger partial charge in [-0.1, -0.05) is 66.7 Å². The highest BCUT2D eigenvalue weighted by Crippen LogP contribution is 2.38. The van der Waals surface area contributed by atoms with Gasteiger partial charge in [-0.2, -0.15) is 10.2 Å². The minimum atomic E-state index is -0.368. The zero-order chi connectivity index (χ0) is 22.1. The number of benzene rings is 3. The second-order valence-electron chi connectivity index (χ2n) is 7.73. The van der Waals surface area contributed by atoms with Gasteiger partial charge in [-0.25, -0.2) is 9.69 Å². The maximum absolute atomic E-state index is 12.4. The molecule has 2 heterocycles. The Morgan fingerprint density at radius 2 is 1.59 bits per heavy atom. The number of hydrazone groups is 1. The van der Waals surface area contributed by atoms with Crippen molar-refractivity contribution in [1.29, 1.82) is 0 Å². The number of carbonyl (C=O) groups is 1. The SMILES string of the molecule is CC(=O)N1N=C(c2cn(-c3ccccc3)nc2-c2ccccc2)C[C@H]1c1ccccc1O. The summed E-state index contributed by atoms with van der Waals surface area (Å²) in [4.78, 5) is 12.4. The van der Waals surface area contributed by atoms with Gasteiger partial charge >= 0.3 is 0 Å². The van der Waals surface area contributed by atoms with E-state index in [9.17, 15) is 9.90 Å². The van der Waals surface area contributed by atoms with E-state index in [0.29, 0.717) is 12.0 Å². The van der Waals surface area contributed by atoms with E-state index < -0.39 is 0 Å². The molecule has 0 unspecified atom stereocenters. The molecule has 32 heavy (non-hydrogen) atoms. The molecule has 1 N–H and O–H groups in total. The fourth-order valence-electron chi connectivity index (χ4n) is 4.08. The molecular formula is C26H22N4O2. The molecule has 0 saturated carbocycles. The summed E-state index contributed by atoms with van der Waals surface area (Å²) in [7, 11) is 0. The molecule has 0 aliphatic carbocycles. The molecule has 6 nitrogen and oxygen atoms in total. The van der Waals surface area contributed by atoms with Gasteiger partial charge in [0.15, 0.2) is 0 Å². The normalized spacial score (nSPS) is 15.6. The van der Waals surface area contributed by atoms with Crippen LogP contribution in [0.3, 0.4) is 0 Å². The molecular weight excluding hydrogens is 400 g/mol. The zero-order valence-corrected chi connectivity index (χ0v) is 17.6. The highest BCUT2D eigenvalue weighted by atomic mass is 16.3. The molecule has 0 saturated heterocycles. The molecule has 0 bridgehead atoms. The summed E-state index contributed by atoms with van der Waals surface area (Å²) in [6.45, 7) is 1.49. The van der Waals surface area contributed by atoms with Crippen molar-refractivity contribution in [1.82, 2.24) is 14.8 Å². The summed E-state index contributed by atoms with van der Waals surface area (Å²) in [6.07, 6.45) is 2.44. The van der Waals surface area contributed by atoms with Crippen LogP contribution in [0, 0.1) is 0 Å². The lowest BCUT2D eigenvalue weighted by Crippen LogP contribution is -2.24. The van der Waals surface area contributed by atoms with Crippen LogP contribution in [0.25, 0.3) is 16.9 Å². The quantitative estimate of drug-likeness (QED) is 0.506. The number of hydrogen-bond donors (Lipinski definition) is 1. The van der Waals surface area contributed by atoms with Gasteiger partial charge in [-0.3, -0.25) is 4.79 Å². The van der Waals surface area contributed by atoms with Crippen LogP contribution in [0.4, 0.5) is 0 Å². The highest BCUT2D eigenvalue weighted by molar-refractivity contribution is 6.07. The molecule has 3 aromatic carbocycles. The lowest BCUT2D eigenvalue weighted by molar-refractivity contribution is -0.130. The fraction of sp³-hybridized carbons (Fsp3) is 0.115. The second kappa shape index (κ2) is 8.15. The van der Waals surface area contributed by atoms with E-state index in [0.717, 1.165) is 28.2 Å². The number of aromatic nitrogens is 2. The van der Waals surface area contributed by atoms with Gasteiger partial charge in [0.05, 0.1) is 17.4 Å². The lowest BCUT2D eigenvalue weighted by Gasteiger charge is -2.21. The van der Waals surface area contributed by atoms with Crippen LogP contribution in [0.2, 0.25) is 0 Å². The summed E-state index contributed by atoms with van der Waals surface area (Å²) in [6, 6.07) is 26.6. The molecule has 1 aromatic heterocycles. The number of phenolic OH excluding ortho intramolecular Hbond substituents is 1. The van der Waals surface area contributed by atoms with Crippen molar-refractivity contribution in [2.45, 2.75) is 19.4 Å². The maximum Gasteiger partial charge on any atom is 0.240 e. The van der Waals surface area contributed by atoms with Crippen molar-refractivity contribution in [2.24, 2.45) is 5.10 Å². The Bertz CT molecular complexity index is 1300. The number of para-hydroxylation sites is 2. The Hall–Kier alpha value is -4.19. The van der Waals surface area contributed by atoms with Gasteiger partial charge in [-0.15, -0.1) is 0 Å². The fourth-order valence-corrected chi connectivity index (χ4v) is 4.08. The van der Waals surface area contributed by atoms with Crippen LogP contribution in [0.1, 0.15) is 30.5 Å². The summed E-state index contributed by atoms with van der Waals surface area (Å²) in [5.74, 6) is -0.0200. The van der Waals surface area contributed by atoms with Crippen molar-refractivity contribution >= 4 is 11.6 Å². The van der Waals surface area contributed by atoms with Gasteiger partial charge in [-0.05, 0) is 18.2 Å². The van der Waals surface area contributed by atoms with Crippen LogP contribution in [-0.2, 0) is 4.79 Å². The second-order valence-corrected chi connectivity index (χ2v) is 7.73. The molecule has 0 fully saturated rings. The predicted molar refractivity (Wildman–Crippen MR) is 124 cm³/mol. The topological polar surface area (TPSA) is 70.7 Å². The number of nitrogens with zero attached hydrogens (tertiary/aromatic N) is 4. The summed E-state index contributed by atoms with van der Waals surface area (Å²) in [5.41, 5.74) is 5.02. The summed E-state index contributed by atoms with van der Waals surface area (Å²) < 4.78 is 1.84. The molecule has 1 atom stereocenters.